The largest absolute Gasteiger partial charge is 0.269 e. The van der Waals surface area contributed by atoms with Gasteiger partial charge in [0.05, 0.1) is 0 Å². The summed E-state index contributed by atoms with van der Waals surface area (Å²) in [5, 5.41) is 0. The minimum absolute atomic E-state index is 0.157. The van der Waals surface area contributed by atoms with Gasteiger partial charge in [-0.3, -0.25) is 40.9 Å². The Morgan fingerprint density at radius 2 is 1.11 bits per heavy atom. The Bertz CT molecular complexity index is 773. The maximum absolute atomic E-state index is 12.1. The first-order valence-electron chi connectivity index (χ1n) is 8.37. The molecule has 1 rings (SSSR count). The van der Waals surface area contributed by atoms with Gasteiger partial charge in [-0.15, -0.1) is 0 Å². The Kier molecular flexibility index (Phi) is 9.80. The molecule has 28 heavy (non-hydrogen) atoms. The number of benzene rings is 1. The lowest BCUT2D eigenvalue weighted by Gasteiger charge is -2.08. The molecule has 0 spiro atoms. The number of hydrogen-bond donors (Lipinski definition) is 4. The second-order valence-corrected chi connectivity index (χ2v) is 5.24. The van der Waals surface area contributed by atoms with Crippen LogP contribution in [0.5, 0.6) is 0 Å². The molecule has 0 atom stereocenters. The second-order valence-electron chi connectivity index (χ2n) is 5.24. The summed E-state index contributed by atoms with van der Waals surface area (Å²) in [5.41, 5.74) is 9.24. The molecule has 1 aromatic carbocycles. The van der Waals surface area contributed by atoms with E-state index in [0.717, 1.165) is 0 Å². The van der Waals surface area contributed by atoms with Crippen LogP contribution in [0.4, 0.5) is 0 Å². The Hall–Kier alpha value is -3.94. The van der Waals surface area contributed by atoms with Crippen molar-refractivity contribution >= 4 is 23.6 Å². The van der Waals surface area contributed by atoms with Crippen molar-refractivity contribution in [2.45, 2.75) is 13.8 Å². The molecule has 146 valence electrons. The van der Waals surface area contributed by atoms with Crippen LogP contribution in [0.3, 0.4) is 0 Å². The third-order valence-corrected chi connectivity index (χ3v) is 3.09. The number of carbonyl (C=O) groups excluding carboxylic acids is 4. The third-order valence-electron chi connectivity index (χ3n) is 3.09. The van der Waals surface area contributed by atoms with Crippen molar-refractivity contribution in [1.29, 1.82) is 0 Å². The monoisotopic (exact) mass is 382 g/mol. The summed E-state index contributed by atoms with van der Waals surface area (Å²) in [6.07, 6.45) is 12.4. The highest BCUT2D eigenvalue weighted by atomic mass is 16.2. The molecule has 0 heterocycles. The summed E-state index contributed by atoms with van der Waals surface area (Å²) in [4.78, 5) is 47.2. The molecule has 0 bridgehead atoms. The van der Waals surface area contributed by atoms with Crippen LogP contribution in [-0.4, -0.2) is 23.6 Å². The van der Waals surface area contributed by atoms with E-state index < -0.39 is 23.6 Å². The first-order valence-corrected chi connectivity index (χ1v) is 8.37. The molecule has 0 radical (unpaired) electrons. The molecule has 8 nitrogen and oxygen atoms in total. The topological polar surface area (TPSA) is 116 Å². The molecular weight excluding hydrogens is 360 g/mol. The maximum atomic E-state index is 12.1. The summed E-state index contributed by atoms with van der Waals surface area (Å²) in [5.74, 6) is -2.20. The zero-order valence-electron chi connectivity index (χ0n) is 15.6. The van der Waals surface area contributed by atoms with E-state index in [0.29, 0.717) is 0 Å². The van der Waals surface area contributed by atoms with Gasteiger partial charge in [-0.2, -0.15) is 0 Å². The van der Waals surface area contributed by atoms with Crippen LogP contribution in [0.15, 0.2) is 72.9 Å². The van der Waals surface area contributed by atoms with Gasteiger partial charge in [0.25, 0.3) is 23.6 Å². The number of amides is 4. The molecule has 0 saturated heterocycles. The average molecular weight is 382 g/mol. The smallest absolute Gasteiger partial charge is 0.268 e. The summed E-state index contributed by atoms with van der Waals surface area (Å²) < 4.78 is 0. The van der Waals surface area contributed by atoms with Gasteiger partial charge in [-0.1, -0.05) is 42.5 Å². The Morgan fingerprint density at radius 3 is 1.50 bits per heavy atom. The zero-order valence-corrected chi connectivity index (χ0v) is 15.6. The van der Waals surface area contributed by atoms with E-state index >= 15 is 0 Å². The predicted molar refractivity (Wildman–Crippen MR) is 106 cm³/mol. The van der Waals surface area contributed by atoms with E-state index in [4.69, 9.17) is 0 Å². The number of carbonyl (C=O) groups is 4. The molecule has 0 saturated carbocycles. The number of nitrogens with one attached hydrogen (secondary N) is 4. The SMILES string of the molecule is C/C=C/C=C/C(=O)NNC(=O)c1cccc(C(=O)NNC(=O)/C=C/C=C/C)c1. The Balaban J connectivity index is 2.62. The highest BCUT2D eigenvalue weighted by Gasteiger charge is 2.11. The fourth-order valence-corrected chi connectivity index (χ4v) is 1.77. The molecule has 1 aromatic rings. The van der Waals surface area contributed by atoms with Crippen LogP contribution in [0, 0.1) is 0 Å². The summed E-state index contributed by atoms with van der Waals surface area (Å²) in [7, 11) is 0. The molecular formula is C20H22N4O4. The van der Waals surface area contributed by atoms with E-state index in [2.05, 4.69) is 21.7 Å². The molecule has 4 amide bonds. The number of hydrogen-bond acceptors (Lipinski definition) is 4. The van der Waals surface area contributed by atoms with Crippen LogP contribution in [0.2, 0.25) is 0 Å². The quantitative estimate of drug-likeness (QED) is 0.339. The lowest BCUT2D eigenvalue weighted by atomic mass is 10.1. The van der Waals surface area contributed by atoms with Crippen LogP contribution in [0.1, 0.15) is 34.6 Å². The normalized spacial score (nSPS) is 11.2. The first-order chi connectivity index (χ1) is 13.5. The standard InChI is InChI=1S/C20H22N4O4/c1-3-5-7-12-17(25)21-23-19(27)15-10-9-11-16(14-15)20(28)24-22-18(26)13-8-6-4-2/h3-14H,1-2H3,(H,21,25)(H,22,26)(H,23,27)(H,24,28)/b5-3+,6-4+,12-7+,13-8+. The van der Waals surface area contributed by atoms with E-state index in [1.165, 1.54) is 48.6 Å². The van der Waals surface area contributed by atoms with E-state index in [-0.39, 0.29) is 11.1 Å². The van der Waals surface area contributed by atoms with Gasteiger partial charge in [0.15, 0.2) is 0 Å². The van der Waals surface area contributed by atoms with Gasteiger partial charge in [-0.25, -0.2) is 0 Å². The summed E-state index contributed by atoms with van der Waals surface area (Å²) in [6.45, 7) is 3.61. The fourth-order valence-electron chi connectivity index (χ4n) is 1.77. The van der Waals surface area contributed by atoms with Crippen molar-refractivity contribution in [3.05, 3.63) is 84.0 Å². The molecule has 0 fully saturated rings. The van der Waals surface area contributed by atoms with Gasteiger partial charge in [-0.05, 0) is 32.0 Å². The third kappa shape index (κ3) is 8.43. The van der Waals surface area contributed by atoms with Crippen LogP contribution in [-0.2, 0) is 9.59 Å². The van der Waals surface area contributed by atoms with Crippen LogP contribution in [0.25, 0.3) is 0 Å². The number of allylic oxidation sites excluding steroid dienone is 6. The summed E-state index contributed by atoms with van der Waals surface area (Å²) >= 11 is 0. The van der Waals surface area contributed by atoms with Crippen molar-refractivity contribution in [2.75, 3.05) is 0 Å². The average Bonchev–Trinajstić information content (AvgIpc) is 2.70. The lowest BCUT2D eigenvalue weighted by molar-refractivity contribution is -0.118. The Labute approximate surface area is 163 Å². The van der Waals surface area contributed by atoms with Gasteiger partial charge in [0.2, 0.25) is 0 Å². The number of rotatable bonds is 6. The predicted octanol–water partition coefficient (Wildman–Crippen LogP) is 1.47. The second kappa shape index (κ2) is 12.4. The number of hydrazine groups is 2. The first kappa shape index (κ1) is 22.1. The molecule has 0 unspecified atom stereocenters. The van der Waals surface area contributed by atoms with Crippen LogP contribution >= 0.6 is 0 Å². The fraction of sp³-hybridized carbons (Fsp3) is 0.100. The minimum Gasteiger partial charge on any atom is -0.268 e. The molecule has 0 aliphatic carbocycles. The van der Waals surface area contributed by atoms with Crippen molar-refractivity contribution in [2.24, 2.45) is 0 Å². The van der Waals surface area contributed by atoms with Crippen molar-refractivity contribution in [3.8, 4) is 0 Å². The van der Waals surface area contributed by atoms with Crippen molar-refractivity contribution in [3.63, 3.8) is 0 Å². The van der Waals surface area contributed by atoms with Crippen LogP contribution < -0.4 is 21.7 Å². The molecule has 0 aliphatic rings. The molecule has 0 aromatic heterocycles. The van der Waals surface area contributed by atoms with Gasteiger partial charge >= 0.3 is 0 Å². The van der Waals surface area contributed by atoms with E-state index in [9.17, 15) is 19.2 Å². The molecule has 0 aliphatic heterocycles. The minimum atomic E-state index is -0.597. The van der Waals surface area contributed by atoms with E-state index in [1.54, 1.807) is 38.2 Å². The van der Waals surface area contributed by atoms with Crippen molar-refractivity contribution in [1.82, 2.24) is 21.7 Å². The van der Waals surface area contributed by atoms with Crippen molar-refractivity contribution < 1.29 is 19.2 Å². The lowest BCUT2D eigenvalue weighted by Crippen LogP contribution is -2.41. The summed E-state index contributed by atoms with van der Waals surface area (Å²) in [6, 6.07) is 5.79. The highest BCUT2D eigenvalue weighted by Crippen LogP contribution is 2.05. The van der Waals surface area contributed by atoms with Gasteiger partial charge < -0.3 is 0 Å². The highest BCUT2D eigenvalue weighted by molar-refractivity contribution is 6.01. The Morgan fingerprint density at radius 1 is 0.679 bits per heavy atom. The molecule has 4 N–H and O–H groups in total. The maximum Gasteiger partial charge on any atom is 0.269 e. The van der Waals surface area contributed by atoms with Gasteiger partial charge in [0.1, 0.15) is 0 Å². The molecule has 8 heteroatoms. The zero-order chi connectivity index (χ0) is 20.8. The van der Waals surface area contributed by atoms with E-state index in [1.807, 2.05) is 0 Å². The van der Waals surface area contributed by atoms with Gasteiger partial charge in [0, 0.05) is 23.3 Å².